The predicted molar refractivity (Wildman–Crippen MR) is 24.4 cm³/mol. The summed E-state index contributed by atoms with van der Waals surface area (Å²) in [4.78, 5) is 41.1. The Bertz CT molecular complexity index is 230. The van der Waals surface area contributed by atoms with E-state index in [0.717, 1.165) is 0 Å². The van der Waals surface area contributed by atoms with Crippen molar-refractivity contribution in [2.24, 2.45) is 0 Å². The first kappa shape index (κ1) is 24.3. The zero-order valence-electron chi connectivity index (χ0n) is 8.02. The van der Waals surface area contributed by atoms with Crippen molar-refractivity contribution in [3.05, 3.63) is 0 Å². The van der Waals surface area contributed by atoms with Gasteiger partial charge in [-0.2, -0.15) is 0 Å². The van der Waals surface area contributed by atoms with Crippen LogP contribution in [0.1, 0.15) is 0 Å². The third-order valence-corrected chi connectivity index (χ3v) is 0.473. The minimum Gasteiger partial charge on any atom is -0.539 e. The van der Waals surface area contributed by atoms with E-state index in [-0.39, 0.29) is 37.7 Å². The minimum absolute atomic E-state index is 0. The van der Waals surface area contributed by atoms with Crippen LogP contribution in [0.15, 0.2) is 0 Å². The van der Waals surface area contributed by atoms with E-state index >= 15 is 0 Å². The van der Waals surface area contributed by atoms with Crippen LogP contribution in [0, 0.1) is 0 Å². The number of carboxylic acids is 2. The molecular formula is C4F2Li2O8. The molecule has 0 aliphatic heterocycles. The van der Waals surface area contributed by atoms with Crippen molar-refractivity contribution in [3.8, 4) is 0 Å². The normalized spacial score (nSPS) is 6.62. The van der Waals surface area contributed by atoms with Gasteiger partial charge in [0.2, 0.25) is 0 Å². The number of carboxylic acid groups (broad SMARTS) is 2. The summed E-state index contributed by atoms with van der Waals surface area (Å²) in [6, 6.07) is 0. The summed E-state index contributed by atoms with van der Waals surface area (Å²) in [5.41, 5.74) is 0. The molecule has 0 bridgehead atoms. The first-order valence-electron chi connectivity index (χ1n) is 2.44. The number of carbonyl (C=O) groups excluding carboxylic acids is 4. The molecule has 0 radical (unpaired) electrons. The van der Waals surface area contributed by atoms with Gasteiger partial charge in [0, 0.05) is 9.05 Å². The number of hydrogen-bond donors (Lipinski definition) is 0. The Balaban J connectivity index is -0.0000000800. The molecule has 0 N–H and O–H groups in total. The summed E-state index contributed by atoms with van der Waals surface area (Å²) < 4.78 is 20.7. The molecule has 0 saturated heterocycles. The SMILES string of the molecule is O=C([O-])C(=O)OF.O=C([O-])C(=O)OF.[Li+].[Li+]. The molecule has 12 heteroatoms. The minimum atomic E-state index is -2.19. The first-order chi connectivity index (χ1) is 6.36. The molecule has 0 aliphatic carbocycles. The van der Waals surface area contributed by atoms with Gasteiger partial charge in [0.15, 0.2) is 11.9 Å². The number of carbonyl (C=O) groups is 4. The van der Waals surface area contributed by atoms with Crippen LogP contribution in [0.4, 0.5) is 9.05 Å². The largest absolute Gasteiger partial charge is 1.00 e. The maximum Gasteiger partial charge on any atom is 1.00 e. The second kappa shape index (κ2) is 13.9. The van der Waals surface area contributed by atoms with Crippen molar-refractivity contribution in [2.45, 2.75) is 0 Å². The van der Waals surface area contributed by atoms with E-state index in [1.54, 1.807) is 0 Å². The Kier molecular flexibility index (Phi) is 21.1. The molecule has 0 rings (SSSR count). The molecule has 0 saturated carbocycles. The second-order valence-corrected chi connectivity index (χ2v) is 1.30. The molecule has 0 heterocycles. The van der Waals surface area contributed by atoms with E-state index < -0.39 is 23.9 Å². The van der Waals surface area contributed by atoms with Crippen molar-refractivity contribution in [3.63, 3.8) is 0 Å². The van der Waals surface area contributed by atoms with Gasteiger partial charge in [-0.15, -0.1) is 0 Å². The third-order valence-electron chi connectivity index (χ3n) is 0.473. The van der Waals surface area contributed by atoms with E-state index in [0.29, 0.717) is 0 Å². The number of rotatable bonds is 0. The Labute approximate surface area is 110 Å². The van der Waals surface area contributed by atoms with Crippen LogP contribution in [0.25, 0.3) is 0 Å². The fourth-order valence-corrected chi connectivity index (χ4v) is 0.0630. The summed E-state index contributed by atoms with van der Waals surface area (Å²) in [6.07, 6.45) is 0. The van der Waals surface area contributed by atoms with Crippen LogP contribution in [-0.2, 0) is 29.1 Å². The van der Waals surface area contributed by atoms with Gasteiger partial charge in [-0.3, -0.25) is 0 Å². The van der Waals surface area contributed by atoms with Crippen LogP contribution in [0.5, 0.6) is 0 Å². The van der Waals surface area contributed by atoms with Gasteiger partial charge in [0.05, 0.1) is 0 Å². The summed E-state index contributed by atoms with van der Waals surface area (Å²) in [5.74, 6) is -8.41. The Morgan fingerprint density at radius 1 is 0.750 bits per heavy atom. The van der Waals surface area contributed by atoms with Crippen molar-refractivity contribution in [1.29, 1.82) is 0 Å². The molecule has 0 atom stereocenters. The quantitative estimate of drug-likeness (QED) is 0.294. The van der Waals surface area contributed by atoms with Crippen molar-refractivity contribution < 1.29 is 86.0 Å². The van der Waals surface area contributed by atoms with Crippen LogP contribution in [0.3, 0.4) is 0 Å². The second-order valence-electron chi connectivity index (χ2n) is 1.30. The Hall–Kier alpha value is -1.07. The summed E-state index contributed by atoms with van der Waals surface area (Å²) in [5, 5.41) is 18.2. The summed E-state index contributed by atoms with van der Waals surface area (Å²) >= 11 is 0. The monoisotopic (exact) mass is 228 g/mol. The fraction of sp³-hybridized carbons (Fsp3) is 0. The molecular weight excluding hydrogens is 228 g/mol. The topological polar surface area (TPSA) is 133 Å². The fourth-order valence-electron chi connectivity index (χ4n) is 0.0630. The van der Waals surface area contributed by atoms with E-state index in [4.69, 9.17) is 19.8 Å². The van der Waals surface area contributed by atoms with Gasteiger partial charge in [-0.1, -0.05) is 0 Å². The van der Waals surface area contributed by atoms with E-state index in [1.807, 2.05) is 0 Å². The Morgan fingerprint density at radius 3 is 0.938 bits per heavy atom. The standard InChI is InChI=1S/2C2HFO4.2Li/c2*3-7-2(6)1(4)5;;/h2*(H,4,5);;/q;;2*+1/p-2. The molecule has 0 fully saturated rings. The zero-order valence-corrected chi connectivity index (χ0v) is 8.02. The maximum absolute atomic E-state index is 10.4. The molecule has 0 aromatic rings. The molecule has 80 valence electrons. The van der Waals surface area contributed by atoms with Gasteiger partial charge >= 0.3 is 49.7 Å². The maximum atomic E-state index is 10.4. The Morgan fingerprint density at radius 2 is 0.938 bits per heavy atom. The number of hydrogen-bond acceptors (Lipinski definition) is 8. The van der Waals surface area contributed by atoms with Gasteiger partial charge < -0.3 is 19.8 Å². The summed E-state index contributed by atoms with van der Waals surface area (Å²) in [7, 11) is 0. The summed E-state index contributed by atoms with van der Waals surface area (Å²) in [6.45, 7) is 0. The molecule has 0 aromatic carbocycles. The van der Waals surface area contributed by atoms with Gasteiger partial charge in [-0.05, 0) is 0 Å². The van der Waals surface area contributed by atoms with Gasteiger partial charge in [0.25, 0.3) is 0 Å². The van der Waals surface area contributed by atoms with Crippen LogP contribution in [0.2, 0.25) is 0 Å². The van der Waals surface area contributed by atoms with Crippen molar-refractivity contribution in [1.82, 2.24) is 0 Å². The van der Waals surface area contributed by atoms with Crippen molar-refractivity contribution in [2.75, 3.05) is 0 Å². The van der Waals surface area contributed by atoms with Gasteiger partial charge in [0.1, 0.15) is 0 Å². The first-order valence-corrected chi connectivity index (χ1v) is 2.44. The van der Waals surface area contributed by atoms with E-state index in [9.17, 15) is 18.6 Å². The molecule has 16 heavy (non-hydrogen) atoms. The molecule has 0 amide bonds. The van der Waals surface area contributed by atoms with Crippen LogP contribution in [-0.4, -0.2) is 23.9 Å². The predicted octanol–water partition coefficient (Wildman–Crippen LogP) is -9.66. The van der Waals surface area contributed by atoms with Crippen LogP contribution < -0.4 is 47.9 Å². The van der Waals surface area contributed by atoms with Crippen LogP contribution >= 0.6 is 0 Å². The third kappa shape index (κ3) is 15.4. The smallest absolute Gasteiger partial charge is 0.539 e. The average Bonchev–Trinajstić information content (AvgIpc) is 2.15. The molecule has 0 aliphatic rings. The number of aliphatic carboxylic acids is 2. The average molecular weight is 228 g/mol. The number of halogens is 2. The van der Waals surface area contributed by atoms with E-state index in [1.165, 1.54) is 0 Å². The van der Waals surface area contributed by atoms with E-state index in [2.05, 4.69) is 9.88 Å². The van der Waals surface area contributed by atoms with Crippen molar-refractivity contribution >= 4 is 23.9 Å². The molecule has 0 spiro atoms. The van der Waals surface area contributed by atoms with Gasteiger partial charge in [-0.25, -0.2) is 19.5 Å². The molecule has 0 unspecified atom stereocenters. The molecule has 8 nitrogen and oxygen atoms in total. The molecule has 0 aromatic heterocycles. The zero-order chi connectivity index (χ0) is 11.7.